The Balaban J connectivity index is 1.27. The molecule has 0 amide bonds. The number of hydrogen-bond donors (Lipinski definition) is 0. The van der Waals surface area contributed by atoms with Gasteiger partial charge in [-0.3, -0.25) is 0 Å². The van der Waals surface area contributed by atoms with Crippen LogP contribution in [0.5, 0.6) is 0 Å². The number of benzene rings is 8. The second-order valence-corrected chi connectivity index (χ2v) is 14.5. The number of furan rings is 1. The van der Waals surface area contributed by atoms with Crippen molar-refractivity contribution in [3.05, 3.63) is 199 Å². The van der Waals surface area contributed by atoms with Gasteiger partial charge in [-0.1, -0.05) is 166 Å². The van der Waals surface area contributed by atoms with Crippen molar-refractivity contribution in [1.82, 2.24) is 0 Å². The third kappa shape index (κ3) is 5.02. The summed E-state index contributed by atoms with van der Waals surface area (Å²) in [4.78, 5) is 2.47. The summed E-state index contributed by atoms with van der Waals surface area (Å²) in [7, 11) is 0. The summed E-state index contributed by atoms with van der Waals surface area (Å²) in [5.41, 5.74) is 17.3. The highest BCUT2D eigenvalue weighted by molar-refractivity contribution is 6.14. The molecule has 0 fully saturated rings. The molecule has 0 saturated carbocycles. The summed E-state index contributed by atoms with van der Waals surface area (Å²) in [6, 6.07) is 67.9. The lowest BCUT2D eigenvalue weighted by atomic mass is 9.82. The molecule has 1 heterocycles. The van der Waals surface area contributed by atoms with Gasteiger partial charge in [0.2, 0.25) is 0 Å². The predicted molar refractivity (Wildman–Crippen MR) is 222 cm³/mol. The van der Waals surface area contributed by atoms with Gasteiger partial charge in [0.15, 0.2) is 0 Å². The molecule has 252 valence electrons. The molecule has 0 spiro atoms. The van der Waals surface area contributed by atoms with Gasteiger partial charge in [-0.15, -0.1) is 0 Å². The molecule has 0 bridgehead atoms. The zero-order valence-electron chi connectivity index (χ0n) is 29.8. The van der Waals surface area contributed by atoms with E-state index in [1.54, 1.807) is 0 Å². The molecule has 0 radical (unpaired) electrons. The summed E-state index contributed by atoms with van der Waals surface area (Å²) >= 11 is 0. The quantitative estimate of drug-likeness (QED) is 0.174. The lowest BCUT2D eigenvalue weighted by molar-refractivity contribution is 0.660. The summed E-state index contributed by atoms with van der Waals surface area (Å²) in [5, 5.41) is 2.20. The largest absolute Gasteiger partial charge is 0.456 e. The van der Waals surface area contributed by atoms with Crippen LogP contribution in [0.3, 0.4) is 0 Å². The number of fused-ring (bicyclic) bond motifs is 6. The van der Waals surface area contributed by atoms with E-state index < -0.39 is 0 Å². The van der Waals surface area contributed by atoms with Crippen LogP contribution in [0.15, 0.2) is 192 Å². The van der Waals surface area contributed by atoms with Crippen molar-refractivity contribution < 1.29 is 4.42 Å². The first-order valence-electron chi connectivity index (χ1n) is 18.4. The van der Waals surface area contributed by atoms with Crippen LogP contribution in [0.2, 0.25) is 0 Å². The molecule has 53 heavy (non-hydrogen) atoms. The van der Waals surface area contributed by atoms with Gasteiger partial charge in [0, 0.05) is 22.1 Å². The molecular formula is C51H37NO. The summed E-state index contributed by atoms with van der Waals surface area (Å²) < 4.78 is 6.50. The van der Waals surface area contributed by atoms with Gasteiger partial charge in [0.1, 0.15) is 11.2 Å². The van der Waals surface area contributed by atoms with Crippen LogP contribution in [0.4, 0.5) is 17.1 Å². The van der Waals surface area contributed by atoms with Crippen molar-refractivity contribution in [3.63, 3.8) is 0 Å². The number of hydrogen-bond acceptors (Lipinski definition) is 2. The Morgan fingerprint density at radius 1 is 0.415 bits per heavy atom. The molecule has 1 aromatic heterocycles. The summed E-state index contributed by atoms with van der Waals surface area (Å²) in [6.45, 7) is 4.71. The molecular weight excluding hydrogens is 643 g/mol. The highest BCUT2D eigenvalue weighted by Crippen LogP contribution is 2.53. The highest BCUT2D eigenvalue weighted by atomic mass is 16.3. The first-order valence-corrected chi connectivity index (χ1v) is 18.4. The van der Waals surface area contributed by atoms with Crippen LogP contribution in [0.25, 0.3) is 66.4 Å². The lowest BCUT2D eigenvalue weighted by Gasteiger charge is -2.31. The van der Waals surface area contributed by atoms with Gasteiger partial charge < -0.3 is 9.32 Å². The van der Waals surface area contributed by atoms with Gasteiger partial charge in [0.05, 0.1) is 16.8 Å². The van der Waals surface area contributed by atoms with Crippen molar-refractivity contribution in [2.45, 2.75) is 19.3 Å². The van der Waals surface area contributed by atoms with E-state index in [0.717, 1.165) is 44.6 Å². The number of rotatable bonds is 6. The maximum Gasteiger partial charge on any atom is 0.137 e. The Morgan fingerprint density at radius 3 is 1.81 bits per heavy atom. The second kappa shape index (κ2) is 12.3. The number of nitrogens with zero attached hydrogens (tertiary/aromatic N) is 1. The molecule has 9 aromatic rings. The highest BCUT2D eigenvalue weighted by Gasteiger charge is 2.36. The lowest BCUT2D eigenvalue weighted by Crippen LogP contribution is -2.17. The van der Waals surface area contributed by atoms with E-state index in [1.807, 2.05) is 6.07 Å². The molecule has 0 saturated heterocycles. The van der Waals surface area contributed by atoms with E-state index in [1.165, 1.54) is 50.1 Å². The fourth-order valence-electron chi connectivity index (χ4n) is 8.53. The smallest absolute Gasteiger partial charge is 0.137 e. The van der Waals surface area contributed by atoms with E-state index in [2.05, 4.69) is 201 Å². The van der Waals surface area contributed by atoms with Gasteiger partial charge >= 0.3 is 0 Å². The van der Waals surface area contributed by atoms with Gasteiger partial charge in [-0.25, -0.2) is 0 Å². The molecule has 1 aliphatic rings. The van der Waals surface area contributed by atoms with Crippen molar-refractivity contribution in [1.29, 1.82) is 0 Å². The van der Waals surface area contributed by atoms with Crippen molar-refractivity contribution >= 4 is 39.0 Å². The molecule has 8 aromatic carbocycles. The minimum atomic E-state index is -0.149. The van der Waals surface area contributed by atoms with Crippen LogP contribution < -0.4 is 4.90 Å². The topological polar surface area (TPSA) is 16.4 Å². The Kier molecular flexibility index (Phi) is 7.19. The standard InChI is InChI=1S/C51H37NO/c1-51(2)43-22-11-9-19-40(43)41-32-31-38(33-44(41)51)52(46-24-14-26-48-50(46)42-20-10-12-25-47(42)53-48)45-23-13-21-39(36-17-7-4-8-18-36)49(45)37-29-27-35(28-30-37)34-15-5-3-6-16-34/h3-33H,1-2H3. The molecule has 2 heteroatoms. The molecule has 0 unspecified atom stereocenters. The Morgan fingerprint density at radius 2 is 1.00 bits per heavy atom. The van der Waals surface area contributed by atoms with E-state index in [9.17, 15) is 0 Å². The molecule has 1 aliphatic carbocycles. The average molecular weight is 680 g/mol. The fraction of sp³-hybridized carbons (Fsp3) is 0.0588. The van der Waals surface area contributed by atoms with E-state index in [-0.39, 0.29) is 5.41 Å². The minimum absolute atomic E-state index is 0.149. The first kappa shape index (κ1) is 31.1. The van der Waals surface area contributed by atoms with Gasteiger partial charge in [0.25, 0.3) is 0 Å². The maximum atomic E-state index is 6.50. The predicted octanol–water partition coefficient (Wildman–Crippen LogP) is 14.4. The molecule has 2 nitrogen and oxygen atoms in total. The third-order valence-corrected chi connectivity index (χ3v) is 11.1. The monoisotopic (exact) mass is 679 g/mol. The first-order chi connectivity index (χ1) is 26.1. The van der Waals surface area contributed by atoms with Gasteiger partial charge in [-0.2, -0.15) is 0 Å². The molecule has 0 N–H and O–H groups in total. The fourth-order valence-corrected chi connectivity index (χ4v) is 8.53. The van der Waals surface area contributed by atoms with Crippen LogP contribution in [-0.4, -0.2) is 0 Å². The van der Waals surface area contributed by atoms with Gasteiger partial charge in [-0.05, 0) is 86.5 Å². The Labute approximate surface area is 310 Å². The average Bonchev–Trinajstić information content (AvgIpc) is 3.71. The second-order valence-electron chi connectivity index (χ2n) is 14.5. The Bertz CT molecular complexity index is 2790. The minimum Gasteiger partial charge on any atom is -0.456 e. The van der Waals surface area contributed by atoms with Crippen molar-refractivity contribution in [3.8, 4) is 44.5 Å². The third-order valence-electron chi connectivity index (χ3n) is 11.1. The summed E-state index contributed by atoms with van der Waals surface area (Å²) in [6.07, 6.45) is 0. The molecule has 0 aliphatic heterocycles. The van der Waals surface area contributed by atoms with Crippen molar-refractivity contribution in [2.75, 3.05) is 4.90 Å². The zero-order chi connectivity index (χ0) is 35.5. The maximum absolute atomic E-state index is 6.50. The zero-order valence-corrected chi connectivity index (χ0v) is 29.8. The normalized spacial score (nSPS) is 12.9. The van der Waals surface area contributed by atoms with Crippen LogP contribution in [-0.2, 0) is 5.41 Å². The number of para-hydroxylation sites is 1. The Hall–Kier alpha value is -6.64. The summed E-state index contributed by atoms with van der Waals surface area (Å²) in [5.74, 6) is 0. The van der Waals surface area contributed by atoms with Crippen LogP contribution >= 0.6 is 0 Å². The van der Waals surface area contributed by atoms with Crippen LogP contribution in [0.1, 0.15) is 25.0 Å². The van der Waals surface area contributed by atoms with E-state index in [4.69, 9.17) is 4.42 Å². The van der Waals surface area contributed by atoms with E-state index in [0.29, 0.717) is 0 Å². The SMILES string of the molecule is CC1(C)c2ccccc2-c2ccc(N(c3cccc(-c4ccccc4)c3-c3ccc(-c4ccccc4)cc3)c3cccc4oc5ccccc5c34)cc21. The molecule has 10 rings (SSSR count). The number of anilines is 3. The van der Waals surface area contributed by atoms with Crippen LogP contribution in [0, 0.1) is 0 Å². The molecule has 0 atom stereocenters. The van der Waals surface area contributed by atoms with Crippen molar-refractivity contribution in [2.24, 2.45) is 0 Å². The van der Waals surface area contributed by atoms with E-state index >= 15 is 0 Å².